The summed E-state index contributed by atoms with van der Waals surface area (Å²) < 4.78 is 31.3. The van der Waals surface area contributed by atoms with Crippen molar-refractivity contribution in [1.29, 1.82) is 0 Å². The molecule has 0 fully saturated rings. The van der Waals surface area contributed by atoms with E-state index in [4.69, 9.17) is 10.5 Å². The van der Waals surface area contributed by atoms with Crippen LogP contribution in [0.15, 0.2) is 42.5 Å². The van der Waals surface area contributed by atoms with Crippen LogP contribution in [0.2, 0.25) is 0 Å². The molecule has 4 heteroatoms. The Labute approximate surface area is 104 Å². The van der Waals surface area contributed by atoms with E-state index in [-0.39, 0.29) is 24.8 Å². The normalized spacial score (nSPS) is 10.4. The van der Waals surface area contributed by atoms with Crippen LogP contribution in [0, 0.1) is 11.6 Å². The molecule has 0 aliphatic heterocycles. The highest BCUT2D eigenvalue weighted by Gasteiger charge is 2.02. The predicted molar refractivity (Wildman–Crippen MR) is 65.0 cm³/mol. The fourth-order valence-corrected chi connectivity index (χ4v) is 1.57. The molecular formula is C14H13F2NO. The van der Waals surface area contributed by atoms with E-state index in [1.165, 1.54) is 24.3 Å². The summed E-state index contributed by atoms with van der Waals surface area (Å²) in [7, 11) is 0. The van der Waals surface area contributed by atoms with Crippen LogP contribution < -0.4 is 10.5 Å². The van der Waals surface area contributed by atoms with Crippen molar-refractivity contribution in [2.45, 2.75) is 13.2 Å². The first-order valence-electron chi connectivity index (χ1n) is 5.54. The van der Waals surface area contributed by atoms with Crippen molar-refractivity contribution in [1.82, 2.24) is 0 Å². The van der Waals surface area contributed by atoms with Crippen LogP contribution in [0.25, 0.3) is 0 Å². The van der Waals surface area contributed by atoms with Crippen molar-refractivity contribution in [3.63, 3.8) is 0 Å². The molecule has 0 aliphatic carbocycles. The molecule has 18 heavy (non-hydrogen) atoms. The third kappa shape index (κ3) is 3.28. The SMILES string of the molecule is NCc1cc(F)cc(OCc2ccc(F)cc2)c1. The zero-order valence-electron chi connectivity index (χ0n) is 9.70. The maximum absolute atomic E-state index is 13.2. The molecule has 0 atom stereocenters. The van der Waals surface area contributed by atoms with Crippen molar-refractivity contribution in [3.8, 4) is 5.75 Å². The number of rotatable bonds is 4. The fourth-order valence-electron chi connectivity index (χ4n) is 1.57. The summed E-state index contributed by atoms with van der Waals surface area (Å²) in [6.45, 7) is 0.512. The van der Waals surface area contributed by atoms with Gasteiger partial charge in [0.05, 0.1) is 0 Å². The van der Waals surface area contributed by atoms with E-state index < -0.39 is 0 Å². The highest BCUT2D eigenvalue weighted by Crippen LogP contribution is 2.17. The van der Waals surface area contributed by atoms with Crippen molar-refractivity contribution in [2.75, 3.05) is 0 Å². The highest BCUT2D eigenvalue weighted by atomic mass is 19.1. The van der Waals surface area contributed by atoms with Gasteiger partial charge in [0.15, 0.2) is 0 Å². The number of hydrogen-bond acceptors (Lipinski definition) is 2. The van der Waals surface area contributed by atoms with Crippen LogP contribution in [-0.4, -0.2) is 0 Å². The molecule has 0 aromatic heterocycles. The van der Waals surface area contributed by atoms with Gasteiger partial charge >= 0.3 is 0 Å². The molecule has 2 N–H and O–H groups in total. The molecule has 94 valence electrons. The molecule has 0 saturated carbocycles. The Hall–Kier alpha value is -1.94. The molecule has 2 rings (SSSR count). The van der Waals surface area contributed by atoms with Crippen molar-refractivity contribution < 1.29 is 13.5 Å². The Bertz CT molecular complexity index is 526. The molecular weight excluding hydrogens is 236 g/mol. The second-order valence-electron chi connectivity index (χ2n) is 3.91. The predicted octanol–water partition coefficient (Wildman–Crippen LogP) is 3.00. The Balaban J connectivity index is 2.05. The minimum atomic E-state index is -0.382. The van der Waals surface area contributed by atoms with Crippen LogP contribution in [0.1, 0.15) is 11.1 Å². The van der Waals surface area contributed by atoms with E-state index in [2.05, 4.69) is 0 Å². The average molecular weight is 249 g/mol. The third-order valence-electron chi connectivity index (χ3n) is 2.49. The molecule has 0 heterocycles. The maximum Gasteiger partial charge on any atom is 0.127 e. The third-order valence-corrected chi connectivity index (χ3v) is 2.49. The van der Waals surface area contributed by atoms with Gasteiger partial charge < -0.3 is 10.5 Å². The Kier molecular flexibility index (Phi) is 3.89. The van der Waals surface area contributed by atoms with E-state index in [1.54, 1.807) is 18.2 Å². The summed E-state index contributed by atoms with van der Waals surface area (Å²) in [5, 5.41) is 0. The average Bonchev–Trinajstić information content (AvgIpc) is 2.37. The maximum atomic E-state index is 13.2. The lowest BCUT2D eigenvalue weighted by Gasteiger charge is -2.08. The van der Waals surface area contributed by atoms with Gasteiger partial charge in [-0.2, -0.15) is 0 Å². The summed E-state index contributed by atoms with van der Waals surface area (Å²) in [5.74, 6) is -0.262. The van der Waals surface area contributed by atoms with Gasteiger partial charge in [0.25, 0.3) is 0 Å². The molecule has 0 spiro atoms. The number of halogens is 2. The second kappa shape index (κ2) is 5.60. The molecule has 2 nitrogen and oxygen atoms in total. The molecule has 0 radical (unpaired) electrons. The minimum Gasteiger partial charge on any atom is -0.489 e. The molecule has 2 aromatic carbocycles. The van der Waals surface area contributed by atoms with Crippen LogP contribution in [0.4, 0.5) is 8.78 Å². The standard InChI is InChI=1S/C14H13F2NO/c15-12-3-1-10(2-4-12)9-18-14-6-11(8-17)5-13(16)7-14/h1-7H,8-9,17H2. The van der Waals surface area contributed by atoms with Gasteiger partial charge in [0.2, 0.25) is 0 Å². The highest BCUT2D eigenvalue weighted by molar-refractivity contribution is 5.30. The van der Waals surface area contributed by atoms with Crippen LogP contribution in [0.5, 0.6) is 5.75 Å². The van der Waals surface area contributed by atoms with E-state index in [1.807, 2.05) is 0 Å². The number of ether oxygens (including phenoxy) is 1. The van der Waals surface area contributed by atoms with E-state index >= 15 is 0 Å². The van der Waals surface area contributed by atoms with Gasteiger partial charge in [-0.05, 0) is 35.4 Å². The van der Waals surface area contributed by atoms with Crippen LogP contribution in [-0.2, 0) is 13.2 Å². The lowest BCUT2D eigenvalue weighted by molar-refractivity contribution is 0.304. The molecule has 0 aliphatic rings. The largest absolute Gasteiger partial charge is 0.489 e. The molecule has 0 unspecified atom stereocenters. The summed E-state index contributed by atoms with van der Waals surface area (Å²) in [4.78, 5) is 0. The van der Waals surface area contributed by atoms with Crippen molar-refractivity contribution >= 4 is 0 Å². The number of nitrogens with two attached hydrogens (primary N) is 1. The molecule has 0 amide bonds. The van der Waals surface area contributed by atoms with Gasteiger partial charge in [-0.3, -0.25) is 0 Å². The minimum absolute atomic E-state index is 0.255. The van der Waals surface area contributed by atoms with Crippen molar-refractivity contribution in [2.24, 2.45) is 5.73 Å². The second-order valence-corrected chi connectivity index (χ2v) is 3.91. The quantitative estimate of drug-likeness (QED) is 0.904. The van der Waals surface area contributed by atoms with Crippen LogP contribution >= 0.6 is 0 Å². The number of benzene rings is 2. The van der Waals surface area contributed by atoms with Gasteiger partial charge in [0, 0.05) is 12.6 Å². The smallest absolute Gasteiger partial charge is 0.127 e. The fraction of sp³-hybridized carbons (Fsp3) is 0.143. The Morgan fingerprint density at radius 2 is 1.61 bits per heavy atom. The van der Waals surface area contributed by atoms with Crippen molar-refractivity contribution in [3.05, 3.63) is 65.2 Å². The van der Waals surface area contributed by atoms with Gasteiger partial charge in [-0.15, -0.1) is 0 Å². The number of hydrogen-bond donors (Lipinski definition) is 1. The van der Waals surface area contributed by atoms with Gasteiger partial charge in [-0.25, -0.2) is 8.78 Å². The zero-order valence-corrected chi connectivity index (χ0v) is 9.70. The summed E-state index contributed by atoms with van der Waals surface area (Å²) >= 11 is 0. The Morgan fingerprint density at radius 1 is 0.889 bits per heavy atom. The summed E-state index contributed by atoms with van der Waals surface area (Å²) in [5.41, 5.74) is 6.93. The van der Waals surface area contributed by atoms with E-state index in [9.17, 15) is 8.78 Å². The van der Waals surface area contributed by atoms with Gasteiger partial charge in [0.1, 0.15) is 24.0 Å². The summed E-state index contributed by atoms with van der Waals surface area (Å²) in [6.07, 6.45) is 0. The van der Waals surface area contributed by atoms with Crippen LogP contribution in [0.3, 0.4) is 0 Å². The molecule has 0 bridgehead atoms. The van der Waals surface area contributed by atoms with Gasteiger partial charge in [-0.1, -0.05) is 12.1 Å². The lowest BCUT2D eigenvalue weighted by Crippen LogP contribution is -2.00. The lowest BCUT2D eigenvalue weighted by atomic mass is 10.2. The Morgan fingerprint density at radius 3 is 2.28 bits per heavy atom. The first-order chi connectivity index (χ1) is 8.67. The monoisotopic (exact) mass is 249 g/mol. The topological polar surface area (TPSA) is 35.2 Å². The van der Waals surface area contributed by atoms with E-state index in [0.717, 1.165) is 5.56 Å². The van der Waals surface area contributed by atoms with E-state index in [0.29, 0.717) is 11.3 Å². The zero-order chi connectivity index (χ0) is 13.0. The summed E-state index contributed by atoms with van der Waals surface area (Å²) in [6, 6.07) is 10.3. The first kappa shape index (κ1) is 12.5. The molecule has 0 saturated heterocycles. The molecule has 2 aromatic rings. The first-order valence-corrected chi connectivity index (χ1v) is 5.54.